The van der Waals surface area contributed by atoms with Crippen molar-refractivity contribution < 1.29 is 9.32 Å². The number of carbonyl (C=O) groups is 1. The molecule has 1 N–H and O–H groups in total. The van der Waals surface area contributed by atoms with Gasteiger partial charge in [-0.1, -0.05) is 23.4 Å². The third kappa shape index (κ3) is 2.38. The van der Waals surface area contributed by atoms with Gasteiger partial charge in [-0.15, -0.1) is 0 Å². The average molecular weight is 318 g/mol. The van der Waals surface area contributed by atoms with Crippen LogP contribution in [0.3, 0.4) is 0 Å². The molecule has 0 unspecified atom stereocenters. The molecule has 0 spiro atoms. The van der Waals surface area contributed by atoms with E-state index in [1.165, 1.54) is 0 Å². The number of hydrogen-bond donors (Lipinski definition) is 1. The Hall–Kier alpha value is -3.28. The number of nitrogens with one attached hydrogen (secondary N) is 1. The summed E-state index contributed by atoms with van der Waals surface area (Å²) in [6, 6.07) is 11.4. The quantitative estimate of drug-likeness (QED) is 0.610. The molecule has 0 fully saturated rings. The number of anilines is 1. The molecule has 4 aromatic rings. The van der Waals surface area contributed by atoms with E-state index < -0.39 is 0 Å². The van der Waals surface area contributed by atoms with Crippen molar-refractivity contribution >= 4 is 33.6 Å². The SMILES string of the molecule is Cc1cc(C(=O)Nc2cnc3ccccc3c2)c2c(C)noc2n1. The zero-order chi connectivity index (χ0) is 16.7. The van der Waals surface area contributed by atoms with Crippen molar-refractivity contribution in [1.82, 2.24) is 15.1 Å². The number of nitrogens with zero attached hydrogens (tertiary/aromatic N) is 3. The molecule has 0 saturated heterocycles. The van der Waals surface area contributed by atoms with Gasteiger partial charge in [-0.3, -0.25) is 9.78 Å². The first-order valence-electron chi connectivity index (χ1n) is 7.51. The van der Waals surface area contributed by atoms with E-state index in [1.54, 1.807) is 19.2 Å². The number of aromatic nitrogens is 3. The van der Waals surface area contributed by atoms with E-state index in [9.17, 15) is 4.79 Å². The molecule has 3 aromatic heterocycles. The Balaban J connectivity index is 1.74. The number of fused-ring (bicyclic) bond motifs is 2. The van der Waals surface area contributed by atoms with Gasteiger partial charge >= 0.3 is 0 Å². The highest BCUT2D eigenvalue weighted by Crippen LogP contribution is 2.23. The van der Waals surface area contributed by atoms with Crippen LogP contribution < -0.4 is 5.32 Å². The van der Waals surface area contributed by atoms with Gasteiger partial charge in [0, 0.05) is 11.1 Å². The van der Waals surface area contributed by atoms with Gasteiger partial charge in [0.2, 0.25) is 0 Å². The fourth-order valence-electron chi connectivity index (χ4n) is 2.73. The molecule has 6 nitrogen and oxygen atoms in total. The molecule has 0 aliphatic carbocycles. The van der Waals surface area contributed by atoms with Gasteiger partial charge in [-0.2, -0.15) is 0 Å². The highest BCUT2D eigenvalue weighted by molar-refractivity contribution is 6.12. The van der Waals surface area contributed by atoms with Gasteiger partial charge in [-0.25, -0.2) is 4.98 Å². The van der Waals surface area contributed by atoms with Crippen LogP contribution in [0.5, 0.6) is 0 Å². The molecule has 1 amide bonds. The Labute approximate surface area is 137 Å². The molecule has 6 heteroatoms. The maximum absolute atomic E-state index is 12.7. The lowest BCUT2D eigenvalue weighted by atomic mass is 10.1. The van der Waals surface area contributed by atoms with Gasteiger partial charge in [0.1, 0.15) is 0 Å². The van der Waals surface area contributed by atoms with Gasteiger partial charge < -0.3 is 9.84 Å². The molecular weight excluding hydrogens is 304 g/mol. The molecule has 0 aliphatic rings. The number of benzene rings is 1. The molecule has 0 atom stereocenters. The van der Waals surface area contributed by atoms with E-state index in [0.717, 1.165) is 10.9 Å². The molecule has 118 valence electrons. The number of hydrogen-bond acceptors (Lipinski definition) is 5. The summed E-state index contributed by atoms with van der Waals surface area (Å²) >= 11 is 0. The Morgan fingerprint density at radius 1 is 1.17 bits per heavy atom. The lowest BCUT2D eigenvalue weighted by molar-refractivity contribution is 0.102. The standard InChI is InChI=1S/C18H14N4O2/c1-10-7-14(16-11(2)22-24-18(16)20-10)17(23)21-13-8-12-5-3-4-6-15(12)19-9-13/h3-9H,1-2H3,(H,21,23). The van der Waals surface area contributed by atoms with Gasteiger partial charge in [-0.05, 0) is 32.0 Å². The van der Waals surface area contributed by atoms with E-state index in [0.29, 0.717) is 33.7 Å². The summed E-state index contributed by atoms with van der Waals surface area (Å²) in [5, 5.41) is 8.38. The molecule has 0 saturated carbocycles. The van der Waals surface area contributed by atoms with E-state index in [1.807, 2.05) is 37.3 Å². The van der Waals surface area contributed by atoms with E-state index in [4.69, 9.17) is 4.52 Å². The molecular formula is C18H14N4O2. The number of pyridine rings is 2. The molecule has 3 heterocycles. The topological polar surface area (TPSA) is 80.9 Å². The predicted molar refractivity (Wildman–Crippen MR) is 91.0 cm³/mol. The third-order valence-corrected chi connectivity index (χ3v) is 3.84. The monoisotopic (exact) mass is 318 g/mol. The fraction of sp³-hybridized carbons (Fsp3) is 0.111. The van der Waals surface area contributed by atoms with E-state index >= 15 is 0 Å². The van der Waals surface area contributed by atoms with Crippen LogP contribution in [0, 0.1) is 13.8 Å². The minimum atomic E-state index is -0.242. The average Bonchev–Trinajstić information content (AvgIpc) is 2.95. The van der Waals surface area contributed by atoms with Gasteiger partial charge in [0.15, 0.2) is 0 Å². The van der Waals surface area contributed by atoms with Crippen molar-refractivity contribution in [3.8, 4) is 0 Å². The normalized spacial score (nSPS) is 11.1. The van der Waals surface area contributed by atoms with Crippen molar-refractivity contribution in [3.05, 3.63) is 59.5 Å². The molecule has 0 bridgehead atoms. The van der Waals surface area contributed by atoms with Crippen molar-refractivity contribution in [1.29, 1.82) is 0 Å². The second-order valence-electron chi connectivity index (χ2n) is 5.63. The second kappa shape index (κ2) is 5.42. The number of rotatable bonds is 2. The van der Waals surface area contributed by atoms with Gasteiger partial charge in [0.25, 0.3) is 11.6 Å². The maximum atomic E-state index is 12.7. The van der Waals surface area contributed by atoms with Crippen LogP contribution in [-0.2, 0) is 0 Å². The molecule has 1 aromatic carbocycles. The third-order valence-electron chi connectivity index (χ3n) is 3.84. The second-order valence-corrected chi connectivity index (χ2v) is 5.63. The van der Waals surface area contributed by atoms with E-state index in [2.05, 4.69) is 20.4 Å². The Bertz CT molecular complexity index is 1080. The summed E-state index contributed by atoms with van der Waals surface area (Å²) in [4.78, 5) is 21.4. The number of amides is 1. The van der Waals surface area contributed by atoms with Crippen LogP contribution in [0.2, 0.25) is 0 Å². The summed E-state index contributed by atoms with van der Waals surface area (Å²) in [6.45, 7) is 3.60. The molecule has 0 radical (unpaired) electrons. The fourth-order valence-corrected chi connectivity index (χ4v) is 2.73. The summed E-state index contributed by atoms with van der Waals surface area (Å²) < 4.78 is 5.17. The van der Waals surface area contributed by atoms with Crippen LogP contribution in [0.1, 0.15) is 21.7 Å². The van der Waals surface area contributed by atoms with Crippen molar-refractivity contribution in [3.63, 3.8) is 0 Å². The summed E-state index contributed by atoms with van der Waals surface area (Å²) in [6.07, 6.45) is 1.64. The lowest BCUT2D eigenvalue weighted by Gasteiger charge is -2.07. The van der Waals surface area contributed by atoms with Crippen molar-refractivity contribution in [2.45, 2.75) is 13.8 Å². The number of carbonyl (C=O) groups excluding carboxylic acids is 1. The highest BCUT2D eigenvalue weighted by atomic mass is 16.5. The first-order valence-corrected chi connectivity index (χ1v) is 7.51. The molecule has 4 rings (SSSR count). The Kier molecular flexibility index (Phi) is 3.23. The summed E-state index contributed by atoms with van der Waals surface area (Å²) in [5.74, 6) is -0.242. The Morgan fingerprint density at radius 3 is 2.88 bits per heavy atom. The molecule has 24 heavy (non-hydrogen) atoms. The minimum Gasteiger partial charge on any atom is -0.336 e. The molecule has 0 aliphatic heterocycles. The zero-order valence-electron chi connectivity index (χ0n) is 13.2. The predicted octanol–water partition coefficient (Wildman–Crippen LogP) is 3.64. The summed E-state index contributed by atoms with van der Waals surface area (Å²) in [7, 11) is 0. The van der Waals surface area contributed by atoms with Crippen LogP contribution in [0.4, 0.5) is 5.69 Å². The van der Waals surface area contributed by atoms with Gasteiger partial charge in [0.05, 0.1) is 34.0 Å². The number of para-hydroxylation sites is 1. The van der Waals surface area contributed by atoms with Crippen LogP contribution in [0.15, 0.2) is 47.1 Å². The first-order chi connectivity index (χ1) is 11.6. The first kappa shape index (κ1) is 14.3. The van der Waals surface area contributed by atoms with E-state index in [-0.39, 0.29) is 5.91 Å². The lowest BCUT2D eigenvalue weighted by Crippen LogP contribution is -2.13. The largest absolute Gasteiger partial charge is 0.336 e. The smallest absolute Gasteiger partial charge is 0.258 e. The Morgan fingerprint density at radius 2 is 2.00 bits per heavy atom. The zero-order valence-corrected chi connectivity index (χ0v) is 13.2. The maximum Gasteiger partial charge on any atom is 0.258 e. The minimum absolute atomic E-state index is 0.242. The van der Waals surface area contributed by atoms with Crippen molar-refractivity contribution in [2.24, 2.45) is 0 Å². The summed E-state index contributed by atoms with van der Waals surface area (Å²) in [5.41, 5.74) is 3.71. The number of aryl methyl sites for hydroxylation is 2. The highest BCUT2D eigenvalue weighted by Gasteiger charge is 2.18. The van der Waals surface area contributed by atoms with Crippen LogP contribution in [-0.4, -0.2) is 21.0 Å². The van der Waals surface area contributed by atoms with Crippen LogP contribution >= 0.6 is 0 Å². The van der Waals surface area contributed by atoms with Crippen molar-refractivity contribution in [2.75, 3.05) is 5.32 Å². The van der Waals surface area contributed by atoms with Crippen LogP contribution in [0.25, 0.3) is 22.0 Å².